The summed E-state index contributed by atoms with van der Waals surface area (Å²) >= 11 is 5.62. The van der Waals surface area contributed by atoms with Crippen molar-refractivity contribution >= 4 is 23.3 Å². The van der Waals surface area contributed by atoms with Gasteiger partial charge in [-0.25, -0.2) is 4.98 Å². The van der Waals surface area contributed by atoms with Gasteiger partial charge in [-0.2, -0.15) is 0 Å². The van der Waals surface area contributed by atoms with Crippen LogP contribution in [0, 0.1) is 0 Å². The molecule has 0 atom stereocenters. The van der Waals surface area contributed by atoms with E-state index in [9.17, 15) is 4.79 Å². The minimum absolute atomic E-state index is 0.302. The molecule has 0 aliphatic rings. The van der Waals surface area contributed by atoms with E-state index in [0.717, 1.165) is 0 Å². The average Bonchev–Trinajstić information content (AvgIpc) is 2.12. The highest BCUT2D eigenvalue weighted by Crippen LogP contribution is 2.06. The Morgan fingerprint density at radius 3 is 3.00 bits per heavy atom. The van der Waals surface area contributed by atoms with Crippen molar-refractivity contribution in [1.29, 1.82) is 0 Å². The lowest BCUT2D eigenvalue weighted by Gasteiger charge is -2.03. The first-order valence-electron chi connectivity index (χ1n) is 4.18. The van der Waals surface area contributed by atoms with E-state index in [2.05, 4.69) is 15.3 Å². The summed E-state index contributed by atoms with van der Waals surface area (Å²) in [7, 11) is 0. The second kappa shape index (κ2) is 5.39. The van der Waals surface area contributed by atoms with Crippen LogP contribution in [0.15, 0.2) is 12.4 Å². The van der Waals surface area contributed by atoms with Crippen LogP contribution in [0.1, 0.15) is 12.8 Å². The number of nitrogens with one attached hydrogen (secondary N) is 1. The molecule has 1 aromatic rings. The molecule has 0 aromatic carbocycles. The maximum Gasteiger partial charge on any atom is 0.217 e. The Kier molecular flexibility index (Phi) is 4.12. The number of rotatable bonds is 5. The molecule has 0 saturated heterocycles. The van der Waals surface area contributed by atoms with Crippen molar-refractivity contribution in [3.63, 3.8) is 0 Å². The van der Waals surface area contributed by atoms with Crippen LogP contribution in [-0.2, 0) is 4.79 Å². The maximum atomic E-state index is 10.4. The fraction of sp³-hybridized carbons (Fsp3) is 0.375. The van der Waals surface area contributed by atoms with Gasteiger partial charge in [-0.05, 0) is 6.42 Å². The van der Waals surface area contributed by atoms with Gasteiger partial charge in [0, 0.05) is 13.0 Å². The molecule has 0 aliphatic carbocycles. The first-order chi connectivity index (χ1) is 6.68. The third kappa shape index (κ3) is 4.04. The van der Waals surface area contributed by atoms with Gasteiger partial charge in [0.1, 0.15) is 11.0 Å². The molecule has 0 saturated carbocycles. The molecule has 0 spiro atoms. The number of primary amides is 1. The molecular formula is C8H11ClN4O. The van der Waals surface area contributed by atoms with Crippen molar-refractivity contribution in [2.45, 2.75) is 12.8 Å². The number of carbonyl (C=O) groups excluding carboxylic acids is 1. The van der Waals surface area contributed by atoms with Crippen molar-refractivity contribution in [3.8, 4) is 0 Å². The van der Waals surface area contributed by atoms with Crippen LogP contribution in [0.3, 0.4) is 0 Å². The SMILES string of the molecule is NC(=O)CCCNc1cncc(Cl)n1. The van der Waals surface area contributed by atoms with Gasteiger partial charge in [-0.1, -0.05) is 11.6 Å². The zero-order chi connectivity index (χ0) is 10.4. The largest absolute Gasteiger partial charge is 0.370 e. The summed E-state index contributed by atoms with van der Waals surface area (Å²) in [6.07, 6.45) is 4.05. The molecule has 0 aliphatic heterocycles. The van der Waals surface area contributed by atoms with E-state index < -0.39 is 0 Å². The third-order valence-corrected chi connectivity index (χ3v) is 1.69. The van der Waals surface area contributed by atoms with Gasteiger partial charge in [-0.15, -0.1) is 0 Å². The average molecular weight is 215 g/mol. The molecule has 1 amide bonds. The van der Waals surface area contributed by atoms with Gasteiger partial charge in [0.15, 0.2) is 0 Å². The van der Waals surface area contributed by atoms with Gasteiger partial charge in [-0.3, -0.25) is 9.78 Å². The summed E-state index contributed by atoms with van der Waals surface area (Å²) in [4.78, 5) is 18.2. The van der Waals surface area contributed by atoms with Crippen LogP contribution in [0.2, 0.25) is 5.15 Å². The van der Waals surface area contributed by atoms with Crippen LogP contribution in [0.4, 0.5) is 5.82 Å². The number of carbonyl (C=O) groups is 1. The monoisotopic (exact) mass is 214 g/mol. The second-order valence-corrected chi connectivity index (χ2v) is 3.11. The summed E-state index contributed by atoms with van der Waals surface area (Å²) in [5.41, 5.74) is 4.98. The fourth-order valence-electron chi connectivity index (χ4n) is 0.906. The van der Waals surface area contributed by atoms with E-state index in [-0.39, 0.29) is 5.91 Å². The first kappa shape index (κ1) is 10.7. The smallest absolute Gasteiger partial charge is 0.217 e. The topological polar surface area (TPSA) is 80.9 Å². The quantitative estimate of drug-likeness (QED) is 0.711. The van der Waals surface area contributed by atoms with Crippen LogP contribution in [0.5, 0.6) is 0 Å². The van der Waals surface area contributed by atoms with Crippen LogP contribution in [-0.4, -0.2) is 22.4 Å². The van der Waals surface area contributed by atoms with Gasteiger partial charge in [0.05, 0.1) is 12.4 Å². The highest BCUT2D eigenvalue weighted by atomic mass is 35.5. The lowest BCUT2D eigenvalue weighted by atomic mass is 10.3. The second-order valence-electron chi connectivity index (χ2n) is 2.72. The Labute approximate surface area is 86.7 Å². The third-order valence-electron chi connectivity index (χ3n) is 1.51. The summed E-state index contributed by atoms with van der Waals surface area (Å²) in [5, 5.41) is 3.31. The highest BCUT2D eigenvalue weighted by molar-refractivity contribution is 6.29. The van der Waals surface area contributed by atoms with Gasteiger partial charge in [0.2, 0.25) is 5.91 Å². The normalized spacial score (nSPS) is 9.79. The summed E-state index contributed by atoms with van der Waals surface area (Å²) in [6.45, 7) is 0.623. The number of nitrogens with two attached hydrogens (primary N) is 1. The number of aromatic nitrogens is 2. The Morgan fingerprint density at radius 2 is 2.36 bits per heavy atom. The fourth-order valence-corrected chi connectivity index (χ4v) is 1.05. The minimum atomic E-state index is -0.302. The Hall–Kier alpha value is -1.36. The maximum absolute atomic E-state index is 10.4. The summed E-state index contributed by atoms with van der Waals surface area (Å²) in [5.74, 6) is 0.297. The van der Waals surface area contributed by atoms with Crippen molar-refractivity contribution in [1.82, 2.24) is 9.97 Å². The highest BCUT2D eigenvalue weighted by Gasteiger charge is 1.97. The number of halogens is 1. The molecule has 1 rings (SSSR count). The zero-order valence-corrected chi connectivity index (χ0v) is 8.29. The van der Waals surface area contributed by atoms with Crippen molar-refractivity contribution in [2.75, 3.05) is 11.9 Å². The van der Waals surface area contributed by atoms with E-state index in [4.69, 9.17) is 17.3 Å². The number of anilines is 1. The molecule has 0 fully saturated rings. The van der Waals surface area contributed by atoms with Gasteiger partial charge in [0.25, 0.3) is 0 Å². The van der Waals surface area contributed by atoms with Crippen molar-refractivity contribution < 1.29 is 4.79 Å². The van der Waals surface area contributed by atoms with Crippen LogP contribution < -0.4 is 11.1 Å². The van der Waals surface area contributed by atoms with Crippen molar-refractivity contribution in [2.24, 2.45) is 5.73 Å². The molecule has 76 valence electrons. The zero-order valence-electron chi connectivity index (χ0n) is 7.53. The molecular weight excluding hydrogens is 204 g/mol. The Bertz CT molecular complexity index is 318. The summed E-state index contributed by atoms with van der Waals surface area (Å²) in [6, 6.07) is 0. The van der Waals surface area contributed by atoms with E-state index >= 15 is 0 Å². The molecule has 5 nitrogen and oxygen atoms in total. The van der Waals surface area contributed by atoms with E-state index in [1.54, 1.807) is 6.20 Å². The summed E-state index contributed by atoms with van der Waals surface area (Å²) < 4.78 is 0. The minimum Gasteiger partial charge on any atom is -0.370 e. The predicted octanol–water partition coefficient (Wildman–Crippen LogP) is 0.807. The van der Waals surface area contributed by atoms with E-state index in [1.807, 2.05) is 0 Å². The van der Waals surface area contributed by atoms with Crippen LogP contribution >= 0.6 is 11.6 Å². The van der Waals surface area contributed by atoms with Crippen LogP contribution in [0.25, 0.3) is 0 Å². The number of hydrogen-bond acceptors (Lipinski definition) is 4. The molecule has 3 N–H and O–H groups in total. The van der Waals surface area contributed by atoms with Gasteiger partial charge >= 0.3 is 0 Å². The number of amides is 1. The molecule has 1 heterocycles. The molecule has 1 aromatic heterocycles. The lowest BCUT2D eigenvalue weighted by molar-refractivity contribution is -0.118. The Balaban J connectivity index is 2.28. The molecule has 0 radical (unpaired) electrons. The molecule has 0 unspecified atom stereocenters. The Morgan fingerprint density at radius 1 is 1.57 bits per heavy atom. The van der Waals surface area contributed by atoms with E-state index in [1.165, 1.54) is 6.20 Å². The standard InChI is InChI=1S/C8H11ClN4O/c9-6-4-11-5-8(13-6)12-3-1-2-7(10)14/h4-5H,1-3H2,(H2,10,14)(H,12,13). The predicted molar refractivity (Wildman–Crippen MR) is 54.0 cm³/mol. The molecule has 14 heavy (non-hydrogen) atoms. The van der Waals surface area contributed by atoms with E-state index in [0.29, 0.717) is 30.4 Å². The van der Waals surface area contributed by atoms with Gasteiger partial charge < -0.3 is 11.1 Å². The van der Waals surface area contributed by atoms with Crippen molar-refractivity contribution in [3.05, 3.63) is 17.5 Å². The first-order valence-corrected chi connectivity index (χ1v) is 4.56. The lowest BCUT2D eigenvalue weighted by Crippen LogP contribution is -2.13. The molecule has 0 bridgehead atoms. The number of nitrogens with zero attached hydrogens (tertiary/aromatic N) is 2. The molecule has 6 heteroatoms. The number of hydrogen-bond donors (Lipinski definition) is 2.